The number of rotatable bonds is 6. The number of nitrogens with one attached hydrogen (secondary N) is 1. The molecular weight excluding hydrogens is 332 g/mol. The molecule has 0 saturated carbocycles. The van der Waals surface area contributed by atoms with Crippen LogP contribution in [-0.2, 0) is 11.8 Å². The Labute approximate surface area is 153 Å². The number of hydrogen-bond acceptors (Lipinski definition) is 4. The quantitative estimate of drug-likeness (QED) is 0.636. The van der Waals surface area contributed by atoms with Crippen molar-refractivity contribution in [2.75, 3.05) is 18.4 Å². The van der Waals surface area contributed by atoms with Gasteiger partial charge in [0.05, 0.1) is 11.3 Å². The van der Waals surface area contributed by atoms with Crippen molar-refractivity contribution in [3.8, 4) is 0 Å². The second kappa shape index (κ2) is 7.95. The van der Waals surface area contributed by atoms with Crippen molar-refractivity contribution in [2.45, 2.75) is 27.7 Å². The van der Waals surface area contributed by atoms with E-state index in [9.17, 15) is 14.4 Å². The van der Waals surface area contributed by atoms with Gasteiger partial charge < -0.3 is 10.2 Å². The van der Waals surface area contributed by atoms with Gasteiger partial charge in [0, 0.05) is 37.1 Å². The zero-order chi connectivity index (χ0) is 19.4. The Bertz CT molecular complexity index is 833. The van der Waals surface area contributed by atoms with Gasteiger partial charge >= 0.3 is 0 Å². The maximum Gasteiger partial charge on any atom is 0.296 e. The normalized spacial score (nSPS) is 10.5. The lowest BCUT2D eigenvalue weighted by Gasteiger charge is -2.18. The summed E-state index contributed by atoms with van der Waals surface area (Å²) in [4.78, 5) is 38.7. The Morgan fingerprint density at radius 2 is 1.65 bits per heavy atom. The number of amides is 2. The first-order chi connectivity index (χ1) is 12.3. The molecule has 1 aromatic carbocycles. The van der Waals surface area contributed by atoms with E-state index in [0.29, 0.717) is 41.3 Å². The molecule has 0 atom stereocenters. The average Bonchev–Trinajstić information content (AvgIpc) is 2.88. The van der Waals surface area contributed by atoms with Gasteiger partial charge in [0.1, 0.15) is 0 Å². The summed E-state index contributed by atoms with van der Waals surface area (Å²) in [5.74, 6) is -1.42. The summed E-state index contributed by atoms with van der Waals surface area (Å²) in [5, 5.41) is 6.74. The lowest BCUT2D eigenvalue weighted by atomic mass is 10.1. The molecule has 0 aliphatic carbocycles. The number of hydrogen-bond donors (Lipinski definition) is 1. The van der Waals surface area contributed by atoms with Gasteiger partial charge in [-0.05, 0) is 52.0 Å². The first kappa shape index (κ1) is 19.4. The number of aromatic nitrogens is 2. The monoisotopic (exact) mass is 356 g/mol. The van der Waals surface area contributed by atoms with Crippen LogP contribution in [0.2, 0.25) is 0 Å². The molecule has 0 unspecified atom stereocenters. The van der Waals surface area contributed by atoms with E-state index in [4.69, 9.17) is 0 Å². The number of anilines is 1. The highest BCUT2D eigenvalue weighted by Crippen LogP contribution is 2.15. The zero-order valence-corrected chi connectivity index (χ0v) is 15.8. The number of nitrogens with zero attached hydrogens (tertiary/aromatic N) is 3. The molecule has 0 fully saturated rings. The Morgan fingerprint density at radius 1 is 1.08 bits per heavy atom. The summed E-state index contributed by atoms with van der Waals surface area (Å²) in [6.45, 7) is 8.54. The topological polar surface area (TPSA) is 84.3 Å². The number of carbonyl (C=O) groups is 3. The van der Waals surface area contributed by atoms with Crippen LogP contribution in [-0.4, -0.2) is 45.4 Å². The third-order valence-corrected chi connectivity index (χ3v) is 4.38. The van der Waals surface area contributed by atoms with Crippen molar-refractivity contribution in [1.29, 1.82) is 0 Å². The third kappa shape index (κ3) is 3.82. The van der Waals surface area contributed by atoms with Gasteiger partial charge in [-0.3, -0.25) is 19.1 Å². The highest BCUT2D eigenvalue weighted by Gasteiger charge is 2.24. The summed E-state index contributed by atoms with van der Waals surface area (Å²) in [7, 11) is 1.72. The van der Waals surface area contributed by atoms with Crippen LogP contribution in [0, 0.1) is 13.8 Å². The highest BCUT2D eigenvalue weighted by atomic mass is 16.2. The first-order valence-electron chi connectivity index (χ1n) is 8.55. The summed E-state index contributed by atoms with van der Waals surface area (Å²) in [6.07, 6.45) is 0. The number of benzene rings is 1. The van der Waals surface area contributed by atoms with Gasteiger partial charge in [0.15, 0.2) is 0 Å². The Kier molecular flexibility index (Phi) is 5.92. The lowest BCUT2D eigenvalue weighted by Crippen LogP contribution is -2.30. The molecule has 1 heterocycles. The van der Waals surface area contributed by atoms with Crippen LogP contribution in [0.4, 0.5) is 5.69 Å². The molecule has 0 spiro atoms. The van der Waals surface area contributed by atoms with Crippen LogP contribution in [0.5, 0.6) is 0 Å². The van der Waals surface area contributed by atoms with Crippen LogP contribution in [0.3, 0.4) is 0 Å². The van der Waals surface area contributed by atoms with Crippen molar-refractivity contribution in [3.05, 3.63) is 46.8 Å². The molecule has 0 aliphatic heterocycles. The standard InChI is InChI=1S/C19H24N4O3/c1-6-23(7-2)19(26)14-8-10-15(11-9-14)20-18(25)17(24)16-12(3)21-22(5)13(16)4/h8-11H,6-7H2,1-5H3,(H,20,25). The molecule has 2 amide bonds. The van der Waals surface area contributed by atoms with E-state index in [1.54, 1.807) is 54.7 Å². The molecule has 0 bridgehead atoms. The fourth-order valence-electron chi connectivity index (χ4n) is 2.79. The fourth-order valence-corrected chi connectivity index (χ4v) is 2.79. The first-order valence-corrected chi connectivity index (χ1v) is 8.55. The molecule has 0 saturated heterocycles. The molecule has 1 N–H and O–H groups in total. The van der Waals surface area contributed by atoms with Crippen molar-refractivity contribution < 1.29 is 14.4 Å². The van der Waals surface area contributed by atoms with Gasteiger partial charge in [-0.2, -0.15) is 5.10 Å². The molecular formula is C19H24N4O3. The minimum atomic E-state index is -0.730. The van der Waals surface area contributed by atoms with E-state index in [-0.39, 0.29) is 5.91 Å². The Hall–Kier alpha value is -2.96. The average molecular weight is 356 g/mol. The zero-order valence-electron chi connectivity index (χ0n) is 15.8. The molecule has 0 aliphatic rings. The van der Waals surface area contributed by atoms with Gasteiger partial charge in [-0.15, -0.1) is 0 Å². The molecule has 1 aromatic heterocycles. The third-order valence-electron chi connectivity index (χ3n) is 4.38. The van der Waals surface area contributed by atoms with E-state index < -0.39 is 11.7 Å². The van der Waals surface area contributed by atoms with Crippen molar-refractivity contribution >= 4 is 23.3 Å². The SMILES string of the molecule is CCN(CC)C(=O)c1ccc(NC(=O)C(=O)c2c(C)nn(C)c2C)cc1. The minimum Gasteiger partial charge on any atom is -0.339 e. The predicted octanol–water partition coefficient (Wildman–Crippen LogP) is 2.34. The molecule has 26 heavy (non-hydrogen) atoms. The Balaban J connectivity index is 2.12. The number of aryl methyl sites for hydroxylation is 2. The lowest BCUT2D eigenvalue weighted by molar-refractivity contribution is -0.112. The largest absolute Gasteiger partial charge is 0.339 e. The summed E-state index contributed by atoms with van der Waals surface area (Å²) in [6, 6.07) is 6.51. The molecule has 2 rings (SSSR count). The van der Waals surface area contributed by atoms with Crippen LogP contribution >= 0.6 is 0 Å². The second-order valence-electron chi connectivity index (χ2n) is 6.01. The molecule has 7 nitrogen and oxygen atoms in total. The van der Waals surface area contributed by atoms with E-state index in [0.717, 1.165) is 0 Å². The van der Waals surface area contributed by atoms with E-state index in [2.05, 4.69) is 10.4 Å². The van der Waals surface area contributed by atoms with E-state index >= 15 is 0 Å². The number of ketones is 1. The fraction of sp³-hybridized carbons (Fsp3) is 0.368. The van der Waals surface area contributed by atoms with Crippen molar-refractivity contribution in [1.82, 2.24) is 14.7 Å². The van der Waals surface area contributed by atoms with Crippen LogP contribution in [0.1, 0.15) is 46.0 Å². The van der Waals surface area contributed by atoms with Crippen molar-refractivity contribution in [3.63, 3.8) is 0 Å². The Morgan fingerprint density at radius 3 is 2.12 bits per heavy atom. The smallest absolute Gasteiger partial charge is 0.296 e. The molecule has 0 radical (unpaired) electrons. The van der Waals surface area contributed by atoms with Crippen LogP contribution in [0.25, 0.3) is 0 Å². The van der Waals surface area contributed by atoms with Crippen LogP contribution < -0.4 is 5.32 Å². The van der Waals surface area contributed by atoms with Crippen LogP contribution in [0.15, 0.2) is 24.3 Å². The molecule has 7 heteroatoms. The predicted molar refractivity (Wildman–Crippen MR) is 99.3 cm³/mol. The minimum absolute atomic E-state index is 0.0643. The highest BCUT2D eigenvalue weighted by molar-refractivity contribution is 6.47. The maximum absolute atomic E-state index is 12.4. The maximum atomic E-state index is 12.4. The number of carbonyl (C=O) groups excluding carboxylic acids is 3. The summed E-state index contributed by atoms with van der Waals surface area (Å²) in [5.41, 5.74) is 2.47. The van der Waals surface area contributed by atoms with Gasteiger partial charge in [-0.25, -0.2) is 0 Å². The summed E-state index contributed by atoms with van der Waals surface area (Å²) < 4.78 is 1.57. The second-order valence-corrected chi connectivity index (χ2v) is 6.01. The van der Waals surface area contributed by atoms with Crippen molar-refractivity contribution in [2.24, 2.45) is 7.05 Å². The van der Waals surface area contributed by atoms with E-state index in [1.807, 2.05) is 13.8 Å². The van der Waals surface area contributed by atoms with Gasteiger partial charge in [-0.1, -0.05) is 0 Å². The summed E-state index contributed by atoms with van der Waals surface area (Å²) >= 11 is 0. The van der Waals surface area contributed by atoms with Gasteiger partial charge in [0.2, 0.25) is 0 Å². The molecule has 138 valence electrons. The molecule has 2 aromatic rings. The number of Topliss-reactive ketones (excluding diaryl/α,β-unsaturated/α-hetero) is 1. The van der Waals surface area contributed by atoms with Gasteiger partial charge in [0.25, 0.3) is 17.6 Å². The van der Waals surface area contributed by atoms with E-state index in [1.165, 1.54) is 0 Å².